The highest BCUT2D eigenvalue weighted by molar-refractivity contribution is 7.13. The first-order valence-corrected chi connectivity index (χ1v) is 29.3. The predicted molar refractivity (Wildman–Crippen MR) is 299 cm³/mol. The quantitative estimate of drug-likeness (QED) is 0.0708. The Balaban J connectivity index is 0.612. The summed E-state index contributed by atoms with van der Waals surface area (Å²) in [5.41, 5.74) is 14.2. The number of aryl methyl sites for hydroxylation is 2. The number of phenolic OH excluding ortho intramolecular Hbond substituents is 1. The lowest BCUT2D eigenvalue weighted by Gasteiger charge is -2.53. The summed E-state index contributed by atoms with van der Waals surface area (Å²) in [6.07, 6.45) is 18.4. The van der Waals surface area contributed by atoms with E-state index in [9.17, 15) is 24.6 Å². The molecule has 4 saturated heterocycles. The van der Waals surface area contributed by atoms with Crippen LogP contribution in [-0.2, 0) is 27.3 Å². The smallest absolute Gasteiger partial charge is 0.246 e. The molecule has 2 unspecified atom stereocenters. The number of anilines is 2. The normalized spacial score (nSPS) is 27.1. The number of para-hydroxylation sites is 1. The summed E-state index contributed by atoms with van der Waals surface area (Å²) < 4.78 is 0. The number of carbonyl (C=O) groups is 3. The van der Waals surface area contributed by atoms with E-state index in [1.165, 1.54) is 23.3 Å². The summed E-state index contributed by atoms with van der Waals surface area (Å²) in [4.78, 5) is 64.1. The van der Waals surface area contributed by atoms with Crippen molar-refractivity contribution >= 4 is 40.8 Å². The van der Waals surface area contributed by atoms with Crippen LogP contribution in [0.15, 0.2) is 72.5 Å². The van der Waals surface area contributed by atoms with Gasteiger partial charge in [-0.15, -0.1) is 21.5 Å². The SMILES string of the molecule is Cc1ncsc1-c1ccc(CNC(=O)[C@@H]2C[C@@H](O)CN2C(=O)[C@@H](NC(=O)C2CC3(CCC(N4CCC(c5cnc(N6C7CCC6CC(CCc6cc(-c8ccccc8O)nnc6N)C7)nc5)CC4)CC3)C2)C(C)(C)C)cc1. The number of benzene rings is 2. The van der Waals surface area contributed by atoms with Gasteiger partial charge in [0.25, 0.3) is 0 Å². The largest absolute Gasteiger partial charge is 0.507 e. The van der Waals surface area contributed by atoms with Gasteiger partial charge in [0.2, 0.25) is 23.7 Å². The fourth-order valence-corrected chi connectivity index (χ4v) is 15.0. The summed E-state index contributed by atoms with van der Waals surface area (Å²) in [5, 5.41) is 35.8. The third kappa shape index (κ3) is 11.3. The molecule has 6 fully saturated rings. The zero-order valence-corrected chi connectivity index (χ0v) is 46.1. The van der Waals surface area contributed by atoms with Gasteiger partial charge < -0.3 is 41.3 Å². The fourth-order valence-electron chi connectivity index (χ4n) is 14.1. The Kier molecular flexibility index (Phi) is 15.1. The predicted octanol–water partition coefficient (Wildman–Crippen LogP) is 8.36. The molecule has 77 heavy (non-hydrogen) atoms. The first kappa shape index (κ1) is 53.0. The van der Waals surface area contributed by atoms with Crippen molar-refractivity contribution in [2.75, 3.05) is 30.3 Å². The number of β-amino-alcohol motifs (C(OH)–C–C–N with tert-alkyl or cyclic N) is 1. The number of aliphatic hydroxyl groups is 1. The van der Waals surface area contributed by atoms with Crippen LogP contribution in [0.1, 0.15) is 139 Å². The van der Waals surface area contributed by atoms with Crippen LogP contribution in [0.4, 0.5) is 11.8 Å². The van der Waals surface area contributed by atoms with E-state index in [1.807, 2.05) is 75.7 Å². The molecule has 2 aliphatic carbocycles. The second kappa shape index (κ2) is 22.0. The number of nitrogens with two attached hydrogens (primary N) is 1. The molecular formula is C60H77N11O5S. The number of fused-ring (bicyclic) bond motifs is 2. The van der Waals surface area contributed by atoms with Gasteiger partial charge in [0, 0.05) is 61.5 Å². The molecule has 5 atom stereocenters. The van der Waals surface area contributed by atoms with Crippen molar-refractivity contribution in [2.24, 2.45) is 22.7 Å². The van der Waals surface area contributed by atoms with Crippen LogP contribution in [0.5, 0.6) is 5.75 Å². The van der Waals surface area contributed by atoms with Crippen LogP contribution in [-0.4, -0.2) is 119 Å². The van der Waals surface area contributed by atoms with E-state index in [-0.39, 0.29) is 47.8 Å². The van der Waals surface area contributed by atoms with Crippen molar-refractivity contribution < 1.29 is 24.6 Å². The lowest BCUT2D eigenvalue weighted by Crippen LogP contribution is -2.59. The number of thiazole rings is 1. The molecule has 1 spiro atoms. The summed E-state index contributed by atoms with van der Waals surface area (Å²) in [7, 11) is 0. The molecule has 6 N–H and O–H groups in total. The number of aliphatic hydroxyl groups excluding tert-OH is 1. The lowest BCUT2D eigenvalue weighted by atomic mass is 9.55. The van der Waals surface area contributed by atoms with Crippen molar-refractivity contribution in [3.63, 3.8) is 0 Å². The number of rotatable bonds is 14. The van der Waals surface area contributed by atoms with Crippen LogP contribution in [0.3, 0.4) is 0 Å². The Morgan fingerprint density at radius 2 is 1.57 bits per heavy atom. The highest BCUT2D eigenvalue weighted by atomic mass is 32.1. The minimum absolute atomic E-state index is 0.0501. The number of nitrogen functional groups attached to an aromatic ring is 1. The zero-order chi connectivity index (χ0) is 53.6. The van der Waals surface area contributed by atoms with Crippen LogP contribution < -0.4 is 21.3 Å². The molecule has 4 aliphatic heterocycles. The number of likely N-dealkylation sites (tertiary alicyclic amines) is 2. The van der Waals surface area contributed by atoms with Crippen molar-refractivity contribution in [1.29, 1.82) is 0 Å². The lowest BCUT2D eigenvalue weighted by molar-refractivity contribution is -0.146. The van der Waals surface area contributed by atoms with Gasteiger partial charge in [-0.2, -0.15) is 0 Å². The Labute approximate surface area is 457 Å². The van der Waals surface area contributed by atoms with Crippen LogP contribution in [0.2, 0.25) is 0 Å². The maximum atomic E-state index is 14.3. The van der Waals surface area contributed by atoms with Gasteiger partial charge in [0.1, 0.15) is 23.7 Å². The number of amides is 3. The molecule has 7 heterocycles. The standard InChI is InChI=1S/C60H77N11O5S/c1-36-52(77-35-65-36)40-12-9-37(10-13-40)31-62-56(75)50-28-47(72)34-70(50)57(76)53(59(2,3)4)66-55(74)42-29-60(30-42)21-17-44(18-22-60)69-23-19-39(20-24-69)43-32-63-58(64-33-43)71-45-15-16-46(71)26-38(25-45)11-14-41-27-49(67-68-54(41)61)48-7-5-6-8-51(48)73/h5-10,12-13,27,32-33,35,38-39,42,44-47,50,53,72-73H,11,14-26,28-31,34H2,1-4H3,(H2,61,68)(H,62,75)(H,66,74)/t38?,42?,44?,45?,46?,47-,50+,53-,60?/m1/s1. The van der Waals surface area contributed by atoms with E-state index >= 15 is 0 Å². The first-order valence-electron chi connectivity index (χ1n) is 28.4. The van der Waals surface area contributed by atoms with E-state index in [4.69, 9.17) is 15.7 Å². The third-order valence-electron chi connectivity index (χ3n) is 18.6. The van der Waals surface area contributed by atoms with Gasteiger partial charge in [0.15, 0.2) is 0 Å². The Morgan fingerprint density at radius 1 is 0.870 bits per heavy atom. The molecule has 2 bridgehead atoms. The number of phenols is 1. The average molecular weight is 1060 g/mol. The second-order valence-electron chi connectivity index (χ2n) is 24.7. The van der Waals surface area contributed by atoms with Crippen LogP contribution in [0.25, 0.3) is 21.7 Å². The summed E-state index contributed by atoms with van der Waals surface area (Å²) in [6, 6.07) is 17.0. The van der Waals surface area contributed by atoms with Gasteiger partial charge >= 0.3 is 0 Å². The summed E-state index contributed by atoms with van der Waals surface area (Å²) >= 11 is 1.59. The number of hydrogen-bond acceptors (Lipinski definition) is 14. The van der Waals surface area contributed by atoms with E-state index in [1.54, 1.807) is 23.5 Å². The van der Waals surface area contributed by atoms with Crippen molar-refractivity contribution in [3.8, 4) is 27.4 Å². The number of hydrogen-bond donors (Lipinski definition) is 5. The molecule has 2 aromatic carbocycles. The average Bonchev–Trinajstić information content (AvgIpc) is 4.15. The molecule has 3 amide bonds. The number of nitrogens with zero attached hydrogens (tertiary/aromatic N) is 8. The zero-order valence-electron chi connectivity index (χ0n) is 45.2. The van der Waals surface area contributed by atoms with Gasteiger partial charge in [-0.1, -0.05) is 57.2 Å². The summed E-state index contributed by atoms with van der Waals surface area (Å²) in [6.45, 7) is 10.3. The Morgan fingerprint density at radius 3 is 2.23 bits per heavy atom. The maximum Gasteiger partial charge on any atom is 0.246 e. The minimum atomic E-state index is -0.833. The molecule has 408 valence electrons. The van der Waals surface area contributed by atoms with Crippen LogP contribution in [0, 0.1) is 29.6 Å². The van der Waals surface area contributed by atoms with Crippen molar-refractivity contribution in [2.45, 2.75) is 173 Å². The molecule has 17 heteroatoms. The number of piperidine rings is 2. The van der Waals surface area contributed by atoms with E-state index < -0.39 is 23.6 Å². The van der Waals surface area contributed by atoms with Crippen LogP contribution >= 0.6 is 11.3 Å². The molecule has 5 aromatic rings. The number of nitrogens with one attached hydrogen (secondary N) is 2. The monoisotopic (exact) mass is 1060 g/mol. The molecule has 2 saturated carbocycles. The van der Waals surface area contributed by atoms with Crippen molar-refractivity contribution in [1.82, 2.24) is 45.6 Å². The van der Waals surface area contributed by atoms with Gasteiger partial charge in [-0.05, 0) is 173 Å². The number of carbonyl (C=O) groups excluding carboxylic acids is 3. The van der Waals surface area contributed by atoms with Gasteiger partial charge in [-0.25, -0.2) is 15.0 Å². The fraction of sp³-hybridized carbons (Fsp3) is 0.567. The Hall–Kier alpha value is -6.04. The highest BCUT2D eigenvalue weighted by Gasteiger charge is 2.51. The molecule has 6 aliphatic rings. The van der Waals surface area contributed by atoms with E-state index in [0.29, 0.717) is 53.6 Å². The minimum Gasteiger partial charge on any atom is -0.507 e. The van der Waals surface area contributed by atoms with E-state index in [2.05, 4.69) is 48.0 Å². The molecule has 16 nitrogen and oxygen atoms in total. The first-order chi connectivity index (χ1) is 37.1. The molecule has 3 aromatic heterocycles. The highest BCUT2D eigenvalue weighted by Crippen LogP contribution is 2.56. The number of aromatic hydroxyl groups is 1. The summed E-state index contributed by atoms with van der Waals surface area (Å²) in [5.74, 6) is 1.70. The number of aromatic nitrogens is 5. The second-order valence-corrected chi connectivity index (χ2v) is 25.5. The molecule has 11 rings (SSSR count). The van der Waals surface area contributed by atoms with Crippen molar-refractivity contribution in [3.05, 3.63) is 94.9 Å². The van der Waals surface area contributed by atoms with E-state index in [0.717, 1.165) is 123 Å². The topological polar surface area (TPSA) is 216 Å². The third-order valence-corrected chi connectivity index (χ3v) is 19.6. The molecule has 0 radical (unpaired) electrons. The van der Waals surface area contributed by atoms with Gasteiger partial charge in [0.05, 0.1) is 27.9 Å². The Bertz CT molecular complexity index is 2890. The maximum absolute atomic E-state index is 14.3. The van der Waals surface area contributed by atoms with Gasteiger partial charge in [-0.3, -0.25) is 14.4 Å². The molecular weight excluding hydrogens is 987 g/mol.